The van der Waals surface area contributed by atoms with Gasteiger partial charge in [-0.05, 0) is 83.1 Å². The summed E-state index contributed by atoms with van der Waals surface area (Å²) in [6, 6.07) is 6.56. The molecular formula is C40H48FN5O12S. The second-order valence-corrected chi connectivity index (χ2v) is 18.0. The molecule has 0 aromatic heterocycles. The summed E-state index contributed by atoms with van der Waals surface area (Å²) in [6.45, 7) is 5.44. The highest BCUT2D eigenvalue weighted by molar-refractivity contribution is 7.89. The molecule has 2 aliphatic heterocycles. The molecule has 318 valence electrons. The zero-order valence-electron chi connectivity index (χ0n) is 33.2. The van der Waals surface area contributed by atoms with Gasteiger partial charge < -0.3 is 29.7 Å². The van der Waals surface area contributed by atoms with Gasteiger partial charge in [0.05, 0.1) is 24.0 Å². The number of hydrogen-bond acceptors (Lipinski definition) is 12. The fraction of sp³-hybridized carbons (Fsp3) is 0.525. The number of para-hydroxylation sites is 1. The topological polar surface area (TPSA) is 221 Å². The number of nitro groups is 1. The number of nitro benzene ring substituents is 1. The van der Waals surface area contributed by atoms with Gasteiger partial charge in [0, 0.05) is 31.5 Å². The predicted octanol–water partition coefficient (Wildman–Crippen LogP) is 3.33. The molecule has 0 spiro atoms. The first kappa shape index (κ1) is 43.2. The maximum absolute atomic E-state index is 14.7. The molecule has 0 radical (unpaired) electrons. The van der Waals surface area contributed by atoms with Crippen molar-refractivity contribution in [3.05, 3.63) is 81.7 Å². The van der Waals surface area contributed by atoms with Crippen LogP contribution in [0, 0.1) is 27.8 Å². The van der Waals surface area contributed by atoms with Crippen LogP contribution in [0.3, 0.4) is 0 Å². The van der Waals surface area contributed by atoms with E-state index >= 15 is 0 Å². The first-order chi connectivity index (χ1) is 27.8. The number of alkyl carbamates (subject to hydrolysis) is 1. The lowest BCUT2D eigenvalue weighted by atomic mass is 10.1. The molecule has 1 saturated heterocycles. The Morgan fingerprint density at radius 3 is 2.53 bits per heavy atom. The molecule has 2 N–H and O–H groups in total. The average Bonchev–Trinajstić information content (AvgIpc) is 3.45. The van der Waals surface area contributed by atoms with E-state index in [0.29, 0.717) is 11.1 Å². The smallest absolute Gasteiger partial charge is 0.408 e. The predicted molar refractivity (Wildman–Crippen MR) is 206 cm³/mol. The van der Waals surface area contributed by atoms with Crippen molar-refractivity contribution in [1.29, 1.82) is 0 Å². The Morgan fingerprint density at radius 1 is 1.08 bits per heavy atom. The number of nitrogens with zero attached hydrogens (tertiary/aromatic N) is 3. The van der Waals surface area contributed by atoms with E-state index in [1.165, 1.54) is 18.2 Å². The minimum Gasteiger partial charge on any atom is -0.464 e. The Labute approximate surface area is 340 Å². The van der Waals surface area contributed by atoms with Gasteiger partial charge in [0.25, 0.3) is 5.69 Å². The molecular weight excluding hydrogens is 794 g/mol. The summed E-state index contributed by atoms with van der Waals surface area (Å²) in [4.78, 5) is 80.8. The Morgan fingerprint density at radius 2 is 1.83 bits per heavy atom. The largest absolute Gasteiger partial charge is 0.464 e. The summed E-state index contributed by atoms with van der Waals surface area (Å²) in [6.07, 6.45) is 1.18. The molecule has 1 saturated carbocycles. The number of sulfonamides is 1. The lowest BCUT2D eigenvalue weighted by Crippen LogP contribution is -2.57. The van der Waals surface area contributed by atoms with Crippen LogP contribution < -0.4 is 10.6 Å². The van der Waals surface area contributed by atoms with Crippen LogP contribution in [0.25, 0.3) is 0 Å². The Bertz CT molecular complexity index is 2160. The standard InChI is InChI=1S/C40H48FN5O12S/c1-5-56-37(50)40-22-26(40)12-8-9-17-44(59(54,55)33-15-7-6-14-31(33)46(52)53)18-16-30(42-38(51)58-39(2,3)4)35(48)45-23-27(21-32(45)34(47)43-40)57-36(49)25-19-24-11-10-13-29(41)28(24)20-25/h6-8,10-15,25-27,30,32H,5,9,16-23H2,1-4H3,(H,42,51)(H,43,47)/b12-8-/t25?,26-,27-,30+,32+,40-/m1/s1. The molecule has 2 fully saturated rings. The fourth-order valence-electron chi connectivity index (χ4n) is 7.90. The van der Waals surface area contributed by atoms with Gasteiger partial charge in [0.15, 0.2) is 4.90 Å². The monoisotopic (exact) mass is 841 g/mol. The highest BCUT2D eigenvalue weighted by Crippen LogP contribution is 2.46. The number of benzene rings is 2. The SMILES string of the molecule is CCOC(=O)[C@@]12C[C@H]1/C=C\CCN(S(=O)(=O)c1ccccc1[N+](=O)[O-])CC[C@H](NC(=O)OC(C)(C)C)C(=O)N1C[C@H](OC(=O)C3Cc4cccc(F)c4C3)C[C@H]1C(=O)N2. The average molecular weight is 842 g/mol. The zero-order valence-corrected chi connectivity index (χ0v) is 34.0. The maximum atomic E-state index is 14.7. The van der Waals surface area contributed by atoms with E-state index < -0.39 is 109 Å². The molecule has 17 nitrogen and oxygen atoms in total. The molecule has 2 aliphatic carbocycles. The number of halogens is 1. The lowest BCUT2D eigenvalue weighted by molar-refractivity contribution is -0.387. The molecule has 2 heterocycles. The van der Waals surface area contributed by atoms with Crippen LogP contribution in [0.1, 0.15) is 64.5 Å². The second-order valence-electron chi connectivity index (χ2n) is 16.1. The van der Waals surface area contributed by atoms with Gasteiger partial charge in [-0.2, -0.15) is 4.31 Å². The van der Waals surface area contributed by atoms with Gasteiger partial charge >= 0.3 is 18.0 Å². The van der Waals surface area contributed by atoms with Crippen LogP contribution in [-0.2, 0) is 56.3 Å². The molecule has 0 bridgehead atoms. The molecule has 3 amide bonds. The van der Waals surface area contributed by atoms with Gasteiger partial charge in [0.1, 0.15) is 35.1 Å². The highest BCUT2D eigenvalue weighted by atomic mass is 32.2. The Hall–Kier alpha value is -5.43. The molecule has 1 unspecified atom stereocenters. The molecule has 6 rings (SSSR count). The van der Waals surface area contributed by atoms with Crippen molar-refractivity contribution >= 4 is 45.6 Å². The number of esters is 2. The fourth-order valence-corrected chi connectivity index (χ4v) is 9.53. The number of amides is 3. The van der Waals surface area contributed by atoms with E-state index in [0.717, 1.165) is 21.3 Å². The lowest BCUT2D eigenvalue weighted by Gasteiger charge is -2.31. The van der Waals surface area contributed by atoms with Crippen LogP contribution in [-0.4, -0.2) is 108 Å². The number of rotatable bonds is 8. The number of hydrogen-bond donors (Lipinski definition) is 2. The first-order valence-corrected chi connectivity index (χ1v) is 20.9. The number of ether oxygens (including phenoxy) is 3. The molecule has 2 aromatic carbocycles. The third-order valence-corrected chi connectivity index (χ3v) is 12.8. The third kappa shape index (κ3) is 9.40. The van der Waals surface area contributed by atoms with Gasteiger partial charge in [-0.1, -0.05) is 36.4 Å². The van der Waals surface area contributed by atoms with E-state index in [9.17, 15) is 46.9 Å². The van der Waals surface area contributed by atoms with Crippen molar-refractivity contribution in [2.75, 3.05) is 26.2 Å². The van der Waals surface area contributed by atoms with E-state index in [4.69, 9.17) is 14.2 Å². The number of carbonyl (C=O) groups is 5. The molecule has 59 heavy (non-hydrogen) atoms. The molecule has 4 aliphatic rings. The van der Waals surface area contributed by atoms with Gasteiger partial charge in [0.2, 0.25) is 21.8 Å². The van der Waals surface area contributed by atoms with E-state index in [1.54, 1.807) is 52.0 Å². The van der Waals surface area contributed by atoms with Crippen molar-refractivity contribution in [3.63, 3.8) is 0 Å². The third-order valence-electron chi connectivity index (χ3n) is 10.8. The van der Waals surface area contributed by atoms with Crippen molar-refractivity contribution in [3.8, 4) is 0 Å². The molecule has 19 heteroatoms. The quantitative estimate of drug-likeness (QED) is 0.129. The van der Waals surface area contributed by atoms with Crippen LogP contribution in [0.2, 0.25) is 0 Å². The van der Waals surface area contributed by atoms with Crippen molar-refractivity contribution in [2.24, 2.45) is 11.8 Å². The highest BCUT2D eigenvalue weighted by Gasteiger charge is 2.62. The summed E-state index contributed by atoms with van der Waals surface area (Å²) in [7, 11) is -4.60. The molecule has 6 atom stereocenters. The van der Waals surface area contributed by atoms with Crippen LogP contribution in [0.4, 0.5) is 14.9 Å². The van der Waals surface area contributed by atoms with E-state index in [1.807, 2.05) is 0 Å². The van der Waals surface area contributed by atoms with Crippen LogP contribution in [0.15, 0.2) is 59.5 Å². The summed E-state index contributed by atoms with van der Waals surface area (Å²) in [5.74, 6) is -4.69. The summed E-state index contributed by atoms with van der Waals surface area (Å²) < 4.78 is 60.5. The zero-order chi connectivity index (χ0) is 42.9. The summed E-state index contributed by atoms with van der Waals surface area (Å²) in [5.41, 5.74) is -2.10. The normalized spacial score (nSPS) is 26.8. The molecule has 2 aromatic rings. The van der Waals surface area contributed by atoms with Crippen molar-refractivity contribution in [1.82, 2.24) is 19.8 Å². The summed E-state index contributed by atoms with van der Waals surface area (Å²) in [5, 5.41) is 17.2. The van der Waals surface area contributed by atoms with E-state index in [-0.39, 0.29) is 58.2 Å². The second kappa shape index (κ2) is 17.0. The van der Waals surface area contributed by atoms with Crippen molar-refractivity contribution in [2.45, 2.75) is 100 Å². The first-order valence-electron chi connectivity index (χ1n) is 19.5. The van der Waals surface area contributed by atoms with Crippen molar-refractivity contribution < 1.29 is 55.9 Å². The maximum Gasteiger partial charge on any atom is 0.408 e. The minimum atomic E-state index is -4.60. The number of nitrogens with one attached hydrogen (secondary N) is 2. The number of fused-ring (bicyclic) bond motifs is 3. The van der Waals surface area contributed by atoms with Crippen LogP contribution >= 0.6 is 0 Å². The van der Waals surface area contributed by atoms with E-state index in [2.05, 4.69) is 10.6 Å². The Balaban J connectivity index is 1.35. The minimum absolute atomic E-state index is 0.00431. The Kier molecular flexibility index (Phi) is 12.5. The van der Waals surface area contributed by atoms with Gasteiger partial charge in [-0.3, -0.25) is 24.5 Å². The number of carbonyl (C=O) groups excluding carboxylic acids is 5. The van der Waals surface area contributed by atoms with Gasteiger partial charge in [-0.15, -0.1) is 0 Å². The summed E-state index contributed by atoms with van der Waals surface area (Å²) >= 11 is 0. The van der Waals surface area contributed by atoms with Crippen LogP contribution in [0.5, 0.6) is 0 Å². The van der Waals surface area contributed by atoms with Gasteiger partial charge in [-0.25, -0.2) is 22.4 Å².